The van der Waals surface area contributed by atoms with E-state index in [2.05, 4.69) is 6.58 Å². The molecule has 23 heavy (non-hydrogen) atoms. The SMILES string of the molecule is C=C(C)/C(=C\O)OCCCCCCOc1ccc(C(=O)O)cc1. The molecule has 1 aromatic rings. The number of aliphatic hydroxyl groups is 1. The van der Waals surface area contributed by atoms with Gasteiger partial charge in [0.05, 0.1) is 18.8 Å². The van der Waals surface area contributed by atoms with E-state index < -0.39 is 5.97 Å². The first-order valence-electron chi connectivity index (χ1n) is 7.64. The van der Waals surface area contributed by atoms with E-state index in [1.807, 2.05) is 0 Å². The van der Waals surface area contributed by atoms with Crippen LogP contribution >= 0.6 is 0 Å². The Morgan fingerprint density at radius 3 is 2.26 bits per heavy atom. The lowest BCUT2D eigenvalue weighted by molar-refractivity contribution is 0.0697. The van der Waals surface area contributed by atoms with Gasteiger partial charge in [0, 0.05) is 0 Å². The standard InChI is InChI=1S/C18H24O5/c1-14(2)17(13-19)23-12-6-4-3-5-11-22-16-9-7-15(8-10-16)18(20)21/h7-10,13,19H,1,3-6,11-12H2,2H3,(H,20,21)/b17-13+. The van der Waals surface area contributed by atoms with E-state index in [1.54, 1.807) is 19.1 Å². The molecule has 0 amide bonds. The van der Waals surface area contributed by atoms with E-state index in [0.717, 1.165) is 31.9 Å². The molecule has 1 rings (SSSR count). The van der Waals surface area contributed by atoms with Gasteiger partial charge in [-0.15, -0.1) is 0 Å². The molecule has 0 radical (unpaired) electrons. The number of hydrogen-bond acceptors (Lipinski definition) is 4. The maximum Gasteiger partial charge on any atom is 0.335 e. The summed E-state index contributed by atoms with van der Waals surface area (Å²) in [5.41, 5.74) is 0.957. The van der Waals surface area contributed by atoms with Gasteiger partial charge >= 0.3 is 5.97 Å². The summed E-state index contributed by atoms with van der Waals surface area (Å²) < 4.78 is 10.9. The zero-order valence-corrected chi connectivity index (χ0v) is 13.5. The summed E-state index contributed by atoms with van der Waals surface area (Å²) in [5, 5.41) is 17.7. The van der Waals surface area contributed by atoms with Crippen LogP contribution in [0.1, 0.15) is 43.0 Å². The van der Waals surface area contributed by atoms with Gasteiger partial charge in [0.2, 0.25) is 0 Å². The lowest BCUT2D eigenvalue weighted by atomic mass is 10.2. The highest BCUT2D eigenvalue weighted by molar-refractivity contribution is 5.87. The molecule has 0 unspecified atom stereocenters. The topological polar surface area (TPSA) is 76.0 Å². The molecule has 0 bridgehead atoms. The summed E-state index contributed by atoms with van der Waals surface area (Å²) in [7, 11) is 0. The maximum absolute atomic E-state index is 10.7. The normalized spacial score (nSPS) is 11.1. The third kappa shape index (κ3) is 7.40. The molecule has 0 spiro atoms. The Hall–Kier alpha value is -2.43. The van der Waals surface area contributed by atoms with Crippen molar-refractivity contribution in [3.63, 3.8) is 0 Å². The Morgan fingerprint density at radius 2 is 1.74 bits per heavy atom. The van der Waals surface area contributed by atoms with Crippen molar-refractivity contribution in [2.24, 2.45) is 0 Å². The molecule has 5 heteroatoms. The largest absolute Gasteiger partial charge is 0.512 e. The first-order chi connectivity index (χ1) is 11.0. The van der Waals surface area contributed by atoms with E-state index in [0.29, 0.717) is 30.3 Å². The van der Waals surface area contributed by atoms with Crippen molar-refractivity contribution in [3.8, 4) is 5.75 Å². The van der Waals surface area contributed by atoms with Crippen LogP contribution in [0.2, 0.25) is 0 Å². The number of benzene rings is 1. The van der Waals surface area contributed by atoms with Crippen LogP contribution in [0.4, 0.5) is 0 Å². The van der Waals surface area contributed by atoms with Crippen LogP contribution in [0.15, 0.2) is 48.4 Å². The minimum Gasteiger partial charge on any atom is -0.512 e. The molecule has 0 fully saturated rings. The second-order valence-electron chi connectivity index (χ2n) is 5.21. The fourth-order valence-corrected chi connectivity index (χ4v) is 1.89. The average Bonchev–Trinajstić information content (AvgIpc) is 2.53. The number of aliphatic hydroxyl groups excluding tert-OH is 1. The van der Waals surface area contributed by atoms with Crippen LogP contribution in [-0.4, -0.2) is 29.4 Å². The Labute approximate surface area is 136 Å². The van der Waals surface area contributed by atoms with Crippen LogP contribution in [-0.2, 0) is 4.74 Å². The smallest absolute Gasteiger partial charge is 0.335 e. The summed E-state index contributed by atoms with van der Waals surface area (Å²) in [6.45, 7) is 6.64. The second-order valence-corrected chi connectivity index (χ2v) is 5.21. The molecule has 0 aliphatic heterocycles. The number of allylic oxidation sites excluding steroid dienone is 1. The van der Waals surface area contributed by atoms with Crippen LogP contribution in [0, 0.1) is 0 Å². The van der Waals surface area contributed by atoms with Crippen molar-refractivity contribution in [1.82, 2.24) is 0 Å². The van der Waals surface area contributed by atoms with Crippen molar-refractivity contribution in [1.29, 1.82) is 0 Å². The summed E-state index contributed by atoms with van der Waals surface area (Å²) in [6, 6.07) is 6.39. The van der Waals surface area contributed by atoms with Crippen molar-refractivity contribution < 1.29 is 24.5 Å². The minimum atomic E-state index is -0.940. The summed E-state index contributed by atoms with van der Waals surface area (Å²) >= 11 is 0. The summed E-state index contributed by atoms with van der Waals surface area (Å²) in [5.74, 6) is 0.167. The fourth-order valence-electron chi connectivity index (χ4n) is 1.89. The Kier molecular flexibility index (Phi) is 8.36. The van der Waals surface area contributed by atoms with Crippen molar-refractivity contribution >= 4 is 5.97 Å². The molecule has 0 aliphatic rings. The molecule has 126 valence electrons. The highest BCUT2D eigenvalue weighted by Gasteiger charge is 2.02. The predicted octanol–water partition coefficient (Wildman–Crippen LogP) is 4.32. The van der Waals surface area contributed by atoms with E-state index in [1.165, 1.54) is 12.1 Å². The molecule has 5 nitrogen and oxygen atoms in total. The molecule has 0 aliphatic carbocycles. The first kappa shape index (κ1) is 18.6. The van der Waals surface area contributed by atoms with Crippen LogP contribution < -0.4 is 4.74 Å². The van der Waals surface area contributed by atoms with Gasteiger partial charge in [-0.05, 0) is 62.4 Å². The minimum absolute atomic E-state index is 0.253. The number of carboxylic acid groups (broad SMARTS) is 1. The van der Waals surface area contributed by atoms with Gasteiger partial charge in [0.1, 0.15) is 12.0 Å². The predicted molar refractivity (Wildman–Crippen MR) is 88.8 cm³/mol. The third-order valence-electron chi connectivity index (χ3n) is 3.20. The Morgan fingerprint density at radius 1 is 1.13 bits per heavy atom. The first-order valence-corrected chi connectivity index (χ1v) is 7.64. The third-order valence-corrected chi connectivity index (χ3v) is 3.20. The summed E-state index contributed by atoms with van der Waals surface area (Å²) in [4.78, 5) is 10.7. The Balaban J connectivity index is 2.07. The molecular weight excluding hydrogens is 296 g/mol. The van der Waals surface area contributed by atoms with Gasteiger partial charge in [-0.2, -0.15) is 0 Å². The number of unbranched alkanes of at least 4 members (excludes halogenated alkanes) is 3. The van der Waals surface area contributed by atoms with Gasteiger partial charge in [-0.1, -0.05) is 6.58 Å². The van der Waals surface area contributed by atoms with E-state index in [-0.39, 0.29) is 5.56 Å². The highest BCUT2D eigenvalue weighted by Crippen LogP contribution is 2.13. The van der Waals surface area contributed by atoms with Crippen molar-refractivity contribution in [3.05, 3.63) is 54.0 Å². The van der Waals surface area contributed by atoms with E-state index >= 15 is 0 Å². The molecule has 1 aromatic carbocycles. The van der Waals surface area contributed by atoms with Gasteiger partial charge in [0.15, 0.2) is 5.76 Å². The molecule has 0 saturated carbocycles. The highest BCUT2D eigenvalue weighted by atomic mass is 16.5. The molecule has 0 atom stereocenters. The van der Waals surface area contributed by atoms with Crippen LogP contribution in [0.25, 0.3) is 0 Å². The Bertz CT molecular complexity index is 531. The lowest BCUT2D eigenvalue weighted by Crippen LogP contribution is -2.00. The number of rotatable bonds is 11. The van der Waals surface area contributed by atoms with Gasteiger partial charge in [-0.3, -0.25) is 0 Å². The maximum atomic E-state index is 10.7. The van der Waals surface area contributed by atoms with Gasteiger partial charge in [0.25, 0.3) is 0 Å². The second kappa shape index (κ2) is 10.3. The van der Waals surface area contributed by atoms with Gasteiger partial charge < -0.3 is 19.7 Å². The molecular formula is C18H24O5. The number of hydrogen-bond donors (Lipinski definition) is 2. The van der Waals surface area contributed by atoms with Crippen LogP contribution in [0.3, 0.4) is 0 Å². The molecule has 2 N–H and O–H groups in total. The molecule has 0 saturated heterocycles. The summed E-state index contributed by atoms with van der Waals surface area (Å²) in [6.07, 6.45) is 4.78. The quantitative estimate of drug-likeness (QED) is 0.361. The van der Waals surface area contributed by atoms with E-state index in [9.17, 15) is 4.79 Å². The van der Waals surface area contributed by atoms with Crippen molar-refractivity contribution in [2.45, 2.75) is 32.6 Å². The lowest BCUT2D eigenvalue weighted by Gasteiger charge is -2.09. The molecule has 0 aromatic heterocycles. The fraction of sp³-hybridized carbons (Fsp3) is 0.389. The average molecular weight is 320 g/mol. The van der Waals surface area contributed by atoms with E-state index in [4.69, 9.17) is 19.7 Å². The number of carboxylic acids is 1. The number of aromatic carboxylic acids is 1. The zero-order valence-electron chi connectivity index (χ0n) is 13.5. The molecule has 0 heterocycles. The number of ether oxygens (including phenoxy) is 2. The van der Waals surface area contributed by atoms with Crippen LogP contribution in [0.5, 0.6) is 5.75 Å². The number of carbonyl (C=O) groups is 1. The zero-order chi connectivity index (χ0) is 17.1. The van der Waals surface area contributed by atoms with Gasteiger partial charge in [-0.25, -0.2) is 4.79 Å². The van der Waals surface area contributed by atoms with Crippen molar-refractivity contribution in [2.75, 3.05) is 13.2 Å². The monoisotopic (exact) mass is 320 g/mol.